The number of aryl methyl sites for hydroxylation is 2. The standard InChI is InChI=1S/C10H11N2O.ClH/c1-8-7-13-11-10(8)9-3-5-12(2)6-4-9;/h3-7H,1-2H3;1H/q+1;/p-1. The van der Waals surface area contributed by atoms with Crippen LogP contribution in [0.25, 0.3) is 11.3 Å². The SMILES string of the molecule is Cc1conc1-c1cc[n+](C)cc1.[Cl-]. The summed E-state index contributed by atoms with van der Waals surface area (Å²) in [5, 5.41) is 3.93. The molecule has 0 atom stereocenters. The van der Waals surface area contributed by atoms with Crippen molar-refractivity contribution < 1.29 is 21.5 Å². The second-order valence-corrected chi connectivity index (χ2v) is 3.10. The van der Waals surface area contributed by atoms with Crippen LogP contribution >= 0.6 is 0 Å². The van der Waals surface area contributed by atoms with Crippen molar-refractivity contribution in [1.29, 1.82) is 0 Å². The van der Waals surface area contributed by atoms with Gasteiger partial charge in [-0.05, 0) is 6.92 Å². The van der Waals surface area contributed by atoms with E-state index in [1.165, 1.54) is 0 Å². The van der Waals surface area contributed by atoms with E-state index in [1.807, 2.05) is 43.1 Å². The molecule has 0 saturated carbocycles. The van der Waals surface area contributed by atoms with Crippen molar-refractivity contribution in [2.45, 2.75) is 6.92 Å². The van der Waals surface area contributed by atoms with Gasteiger partial charge in [-0.1, -0.05) is 5.16 Å². The maximum absolute atomic E-state index is 4.87. The van der Waals surface area contributed by atoms with Gasteiger partial charge in [-0.15, -0.1) is 0 Å². The van der Waals surface area contributed by atoms with Gasteiger partial charge in [0.05, 0.1) is 0 Å². The minimum atomic E-state index is 0. The molecule has 4 heteroatoms. The molecule has 3 nitrogen and oxygen atoms in total. The third-order valence-electron chi connectivity index (χ3n) is 2.00. The van der Waals surface area contributed by atoms with E-state index in [4.69, 9.17) is 4.52 Å². The van der Waals surface area contributed by atoms with Gasteiger partial charge in [0.15, 0.2) is 12.4 Å². The minimum Gasteiger partial charge on any atom is -1.00 e. The van der Waals surface area contributed by atoms with Gasteiger partial charge in [0.2, 0.25) is 0 Å². The summed E-state index contributed by atoms with van der Waals surface area (Å²) in [5.41, 5.74) is 3.07. The number of nitrogens with zero attached hydrogens (tertiary/aromatic N) is 2. The van der Waals surface area contributed by atoms with Crippen LogP contribution in [0, 0.1) is 6.92 Å². The zero-order valence-corrected chi connectivity index (χ0v) is 8.82. The molecule has 74 valence electrons. The van der Waals surface area contributed by atoms with Crippen molar-refractivity contribution >= 4 is 0 Å². The van der Waals surface area contributed by atoms with Crippen LogP contribution in [0.1, 0.15) is 5.56 Å². The van der Waals surface area contributed by atoms with E-state index in [0.29, 0.717) is 0 Å². The van der Waals surface area contributed by atoms with Crippen LogP contribution in [0.4, 0.5) is 0 Å². The summed E-state index contributed by atoms with van der Waals surface area (Å²) in [7, 11) is 1.99. The Morgan fingerprint density at radius 3 is 2.43 bits per heavy atom. The van der Waals surface area contributed by atoms with Gasteiger partial charge in [-0.2, -0.15) is 0 Å². The predicted molar refractivity (Wildman–Crippen MR) is 47.9 cm³/mol. The number of hydrogen-bond acceptors (Lipinski definition) is 2. The molecule has 0 spiro atoms. The average Bonchev–Trinajstić information content (AvgIpc) is 2.53. The Morgan fingerprint density at radius 1 is 1.29 bits per heavy atom. The van der Waals surface area contributed by atoms with Crippen LogP contribution < -0.4 is 17.0 Å². The lowest BCUT2D eigenvalue weighted by molar-refractivity contribution is -0.671. The van der Waals surface area contributed by atoms with Gasteiger partial charge < -0.3 is 16.9 Å². The average molecular weight is 211 g/mol. The maximum atomic E-state index is 4.87. The molecule has 14 heavy (non-hydrogen) atoms. The van der Waals surface area contributed by atoms with E-state index in [-0.39, 0.29) is 12.4 Å². The summed E-state index contributed by atoms with van der Waals surface area (Å²) >= 11 is 0. The summed E-state index contributed by atoms with van der Waals surface area (Å²) in [4.78, 5) is 0. The highest BCUT2D eigenvalue weighted by molar-refractivity contribution is 5.60. The van der Waals surface area contributed by atoms with Gasteiger partial charge in [-0.3, -0.25) is 0 Å². The molecule has 0 N–H and O–H groups in total. The largest absolute Gasteiger partial charge is 1.00 e. The van der Waals surface area contributed by atoms with E-state index in [9.17, 15) is 0 Å². The molecule has 0 aliphatic heterocycles. The Kier molecular flexibility index (Phi) is 3.25. The van der Waals surface area contributed by atoms with Crippen LogP contribution in [0.15, 0.2) is 35.3 Å². The summed E-state index contributed by atoms with van der Waals surface area (Å²) in [5.74, 6) is 0. The number of aromatic nitrogens is 2. The fourth-order valence-corrected chi connectivity index (χ4v) is 1.23. The molecule has 0 amide bonds. The fraction of sp³-hybridized carbons (Fsp3) is 0.200. The first-order chi connectivity index (χ1) is 6.27. The smallest absolute Gasteiger partial charge is 0.169 e. The van der Waals surface area contributed by atoms with Crippen LogP contribution in [0.5, 0.6) is 0 Å². The van der Waals surface area contributed by atoms with Gasteiger partial charge in [0.25, 0.3) is 0 Å². The molecule has 0 unspecified atom stereocenters. The molecule has 0 aliphatic rings. The summed E-state index contributed by atoms with van der Waals surface area (Å²) < 4.78 is 6.86. The molecule has 0 fully saturated rings. The molecule has 0 bridgehead atoms. The monoisotopic (exact) mass is 210 g/mol. The molecule has 0 radical (unpaired) electrons. The normalized spacial score (nSPS) is 9.57. The second-order valence-electron chi connectivity index (χ2n) is 3.10. The van der Waals surface area contributed by atoms with Crippen molar-refractivity contribution in [1.82, 2.24) is 5.16 Å². The van der Waals surface area contributed by atoms with E-state index < -0.39 is 0 Å². The lowest BCUT2D eigenvalue weighted by Crippen LogP contribution is -3.00. The minimum absolute atomic E-state index is 0. The number of halogens is 1. The summed E-state index contributed by atoms with van der Waals surface area (Å²) in [6.07, 6.45) is 5.63. The molecule has 2 aromatic rings. The van der Waals surface area contributed by atoms with E-state index in [1.54, 1.807) is 6.26 Å². The van der Waals surface area contributed by atoms with E-state index >= 15 is 0 Å². The lowest BCUT2D eigenvalue weighted by atomic mass is 10.1. The van der Waals surface area contributed by atoms with Crippen LogP contribution in [0.3, 0.4) is 0 Å². The zero-order chi connectivity index (χ0) is 9.26. The lowest BCUT2D eigenvalue weighted by Gasteiger charge is -1.94. The third kappa shape index (κ3) is 1.93. The maximum Gasteiger partial charge on any atom is 0.169 e. The second kappa shape index (κ2) is 4.24. The number of hydrogen-bond donors (Lipinski definition) is 0. The van der Waals surface area contributed by atoms with Crippen molar-refractivity contribution in [3.63, 3.8) is 0 Å². The van der Waals surface area contributed by atoms with Crippen molar-refractivity contribution in [3.05, 3.63) is 36.4 Å². The van der Waals surface area contributed by atoms with Crippen LogP contribution in [0.2, 0.25) is 0 Å². The molecule has 0 aromatic carbocycles. The van der Waals surface area contributed by atoms with Gasteiger partial charge >= 0.3 is 0 Å². The summed E-state index contributed by atoms with van der Waals surface area (Å²) in [6, 6.07) is 4.04. The predicted octanol–water partition coefficient (Wildman–Crippen LogP) is -1.52. The van der Waals surface area contributed by atoms with Crippen LogP contribution in [-0.2, 0) is 7.05 Å². The Bertz CT molecular complexity index is 408. The zero-order valence-electron chi connectivity index (χ0n) is 8.07. The molecule has 2 heterocycles. The Morgan fingerprint density at radius 2 is 1.93 bits per heavy atom. The number of pyridine rings is 1. The molecular formula is C10H11ClN2O. The summed E-state index contributed by atoms with van der Waals surface area (Å²) in [6.45, 7) is 1.98. The quantitative estimate of drug-likeness (QED) is 0.535. The highest BCUT2D eigenvalue weighted by Crippen LogP contribution is 2.19. The molecular weight excluding hydrogens is 200 g/mol. The van der Waals surface area contributed by atoms with Gasteiger partial charge in [0.1, 0.15) is 19.0 Å². The Hall–Kier alpha value is -1.35. The first kappa shape index (κ1) is 10.7. The van der Waals surface area contributed by atoms with E-state index in [2.05, 4.69) is 5.16 Å². The Balaban J connectivity index is 0.000000980. The van der Waals surface area contributed by atoms with Gasteiger partial charge in [0, 0.05) is 23.3 Å². The van der Waals surface area contributed by atoms with Gasteiger partial charge in [-0.25, -0.2) is 4.57 Å². The highest BCUT2D eigenvalue weighted by atomic mass is 35.5. The van der Waals surface area contributed by atoms with Crippen molar-refractivity contribution in [2.75, 3.05) is 0 Å². The Labute approximate surface area is 88.8 Å². The van der Waals surface area contributed by atoms with E-state index in [0.717, 1.165) is 16.8 Å². The van der Waals surface area contributed by atoms with Crippen molar-refractivity contribution in [3.8, 4) is 11.3 Å². The molecule has 2 aromatic heterocycles. The first-order valence-electron chi connectivity index (χ1n) is 4.14. The third-order valence-corrected chi connectivity index (χ3v) is 2.00. The van der Waals surface area contributed by atoms with Crippen molar-refractivity contribution in [2.24, 2.45) is 7.05 Å². The molecule has 2 rings (SSSR count). The molecule has 0 aliphatic carbocycles. The number of rotatable bonds is 1. The fourth-order valence-electron chi connectivity index (χ4n) is 1.23. The topological polar surface area (TPSA) is 29.9 Å². The molecule has 0 saturated heterocycles. The highest BCUT2D eigenvalue weighted by Gasteiger charge is 2.06. The van der Waals surface area contributed by atoms with Crippen LogP contribution in [-0.4, -0.2) is 5.16 Å². The first-order valence-corrected chi connectivity index (χ1v) is 4.14.